The van der Waals surface area contributed by atoms with Crippen molar-refractivity contribution in [3.8, 4) is 17.5 Å². The highest BCUT2D eigenvalue weighted by Gasteiger charge is 2.17. The third-order valence-corrected chi connectivity index (χ3v) is 3.53. The van der Waals surface area contributed by atoms with Crippen LogP contribution in [0.25, 0.3) is 22.6 Å². The van der Waals surface area contributed by atoms with Crippen LogP contribution < -0.4 is 0 Å². The second-order valence-corrected chi connectivity index (χ2v) is 6.11. The molecular formula is C18H16N2O. The summed E-state index contributed by atoms with van der Waals surface area (Å²) in [7, 11) is 0. The smallest absolute Gasteiger partial charge is 0.228 e. The van der Waals surface area contributed by atoms with Crippen molar-refractivity contribution < 1.29 is 4.42 Å². The maximum atomic E-state index is 9.19. The van der Waals surface area contributed by atoms with E-state index < -0.39 is 0 Å². The zero-order valence-electron chi connectivity index (χ0n) is 12.3. The Labute approximate surface area is 123 Å². The van der Waals surface area contributed by atoms with Crippen LogP contribution in [0.15, 0.2) is 46.9 Å². The number of nitriles is 1. The van der Waals surface area contributed by atoms with E-state index in [2.05, 4.69) is 44.0 Å². The molecule has 0 spiro atoms. The molecule has 3 nitrogen and oxygen atoms in total. The minimum atomic E-state index is 0.0673. The van der Waals surface area contributed by atoms with E-state index in [9.17, 15) is 5.26 Å². The Morgan fingerprint density at radius 2 is 1.86 bits per heavy atom. The lowest BCUT2D eigenvalue weighted by Crippen LogP contribution is -2.10. The third kappa shape index (κ3) is 2.41. The lowest BCUT2D eigenvalue weighted by Gasteiger charge is -2.18. The van der Waals surface area contributed by atoms with Crippen LogP contribution in [-0.2, 0) is 5.41 Å². The highest BCUT2D eigenvalue weighted by atomic mass is 16.3. The van der Waals surface area contributed by atoms with E-state index in [0.29, 0.717) is 11.5 Å². The Hall–Kier alpha value is -2.60. The molecule has 0 radical (unpaired) electrons. The van der Waals surface area contributed by atoms with Gasteiger partial charge in [-0.3, -0.25) is 0 Å². The van der Waals surface area contributed by atoms with Crippen LogP contribution >= 0.6 is 0 Å². The van der Waals surface area contributed by atoms with E-state index in [1.807, 2.05) is 24.3 Å². The monoisotopic (exact) mass is 276 g/mol. The number of rotatable bonds is 1. The van der Waals surface area contributed by atoms with Gasteiger partial charge in [0.05, 0.1) is 17.2 Å². The summed E-state index contributed by atoms with van der Waals surface area (Å²) in [6.07, 6.45) is 0. The van der Waals surface area contributed by atoms with Gasteiger partial charge in [-0.25, -0.2) is 4.98 Å². The van der Waals surface area contributed by atoms with Gasteiger partial charge in [0, 0.05) is 0 Å². The first-order chi connectivity index (χ1) is 9.99. The fourth-order valence-electron chi connectivity index (χ4n) is 2.28. The second kappa shape index (κ2) is 4.75. The number of oxazole rings is 1. The molecule has 0 aliphatic heterocycles. The molecule has 104 valence electrons. The van der Waals surface area contributed by atoms with Crippen LogP contribution in [0.1, 0.15) is 31.9 Å². The van der Waals surface area contributed by atoms with Crippen LogP contribution in [0.4, 0.5) is 0 Å². The highest BCUT2D eigenvalue weighted by Crippen LogP contribution is 2.30. The van der Waals surface area contributed by atoms with Crippen molar-refractivity contribution >= 4 is 11.1 Å². The number of hydrogen-bond acceptors (Lipinski definition) is 3. The van der Waals surface area contributed by atoms with E-state index in [1.165, 1.54) is 5.56 Å². The van der Waals surface area contributed by atoms with E-state index >= 15 is 0 Å². The lowest BCUT2D eigenvalue weighted by molar-refractivity contribution is 0.590. The molecule has 0 N–H and O–H groups in total. The van der Waals surface area contributed by atoms with Crippen LogP contribution in [0, 0.1) is 11.3 Å². The minimum absolute atomic E-state index is 0.0673. The first-order valence-electron chi connectivity index (χ1n) is 6.89. The van der Waals surface area contributed by atoms with Crippen molar-refractivity contribution in [3.05, 3.63) is 53.6 Å². The maximum absolute atomic E-state index is 9.19. The van der Waals surface area contributed by atoms with Gasteiger partial charge in [0.15, 0.2) is 5.58 Å². The van der Waals surface area contributed by atoms with Crippen molar-refractivity contribution in [1.29, 1.82) is 5.26 Å². The molecule has 0 aliphatic carbocycles. The zero-order valence-corrected chi connectivity index (χ0v) is 12.3. The summed E-state index contributed by atoms with van der Waals surface area (Å²) in [6, 6.07) is 15.6. The molecule has 21 heavy (non-hydrogen) atoms. The number of benzene rings is 2. The maximum Gasteiger partial charge on any atom is 0.228 e. The molecule has 0 aliphatic rings. The van der Waals surface area contributed by atoms with Crippen LogP contribution in [0.2, 0.25) is 0 Å². The fraction of sp³-hybridized carbons (Fsp3) is 0.222. The summed E-state index contributed by atoms with van der Waals surface area (Å²) in [4.78, 5) is 4.55. The largest absolute Gasteiger partial charge is 0.436 e. The summed E-state index contributed by atoms with van der Waals surface area (Å²) in [5, 5.41) is 9.19. The van der Waals surface area contributed by atoms with Gasteiger partial charge < -0.3 is 4.42 Å². The van der Waals surface area contributed by atoms with Crippen LogP contribution in [0.5, 0.6) is 0 Å². The summed E-state index contributed by atoms with van der Waals surface area (Å²) in [5.74, 6) is 0.494. The van der Waals surface area contributed by atoms with Gasteiger partial charge in [0.1, 0.15) is 5.52 Å². The van der Waals surface area contributed by atoms with Gasteiger partial charge in [0.25, 0.3) is 0 Å². The van der Waals surface area contributed by atoms with Gasteiger partial charge in [-0.2, -0.15) is 5.26 Å². The van der Waals surface area contributed by atoms with Crippen molar-refractivity contribution in [2.45, 2.75) is 26.2 Å². The first kappa shape index (κ1) is 13.4. The molecule has 0 saturated heterocycles. The Balaban J connectivity index is 2.16. The Bertz CT molecular complexity index is 848. The molecule has 0 amide bonds. The molecule has 3 aromatic rings. The van der Waals surface area contributed by atoms with Gasteiger partial charge in [-0.1, -0.05) is 39.0 Å². The highest BCUT2D eigenvalue weighted by molar-refractivity contribution is 5.78. The number of hydrogen-bond donors (Lipinski definition) is 0. The molecule has 0 unspecified atom stereocenters. The Morgan fingerprint density at radius 1 is 1.10 bits per heavy atom. The van der Waals surface area contributed by atoms with E-state index in [4.69, 9.17) is 4.42 Å². The summed E-state index contributed by atoms with van der Waals surface area (Å²) >= 11 is 0. The molecule has 3 heteroatoms. The van der Waals surface area contributed by atoms with Crippen LogP contribution in [-0.4, -0.2) is 4.98 Å². The molecule has 2 aromatic carbocycles. The Kier molecular flexibility index (Phi) is 3.03. The number of nitrogens with zero attached hydrogens (tertiary/aromatic N) is 2. The summed E-state index contributed by atoms with van der Waals surface area (Å²) in [6.45, 7) is 6.50. The van der Waals surface area contributed by atoms with Crippen molar-refractivity contribution in [3.63, 3.8) is 0 Å². The molecule has 0 saturated carbocycles. The van der Waals surface area contributed by atoms with Gasteiger partial charge in [-0.15, -0.1) is 0 Å². The predicted molar refractivity (Wildman–Crippen MR) is 82.9 cm³/mol. The normalized spacial score (nSPS) is 11.5. The average Bonchev–Trinajstić information content (AvgIpc) is 2.89. The molecular weight excluding hydrogens is 260 g/mol. The van der Waals surface area contributed by atoms with E-state index in [0.717, 1.165) is 16.7 Å². The van der Waals surface area contributed by atoms with Crippen molar-refractivity contribution in [2.75, 3.05) is 0 Å². The molecule has 3 rings (SSSR count). The molecule has 1 aromatic heterocycles. The van der Waals surface area contributed by atoms with Crippen LogP contribution in [0.3, 0.4) is 0 Å². The van der Waals surface area contributed by atoms with Gasteiger partial charge in [0.2, 0.25) is 5.89 Å². The lowest BCUT2D eigenvalue weighted by atomic mass is 9.87. The standard InChI is InChI=1S/C18H16N2O/c1-18(2,3)13-8-9-16-15(10-13)20-17(21-16)14-7-5-4-6-12(14)11-19/h4-10H,1-3H3. The van der Waals surface area contributed by atoms with E-state index in [1.54, 1.807) is 6.07 Å². The van der Waals surface area contributed by atoms with Crippen molar-refractivity contribution in [2.24, 2.45) is 0 Å². The molecule has 0 atom stereocenters. The number of aromatic nitrogens is 1. The van der Waals surface area contributed by atoms with E-state index in [-0.39, 0.29) is 5.41 Å². The second-order valence-electron chi connectivity index (χ2n) is 6.11. The minimum Gasteiger partial charge on any atom is -0.436 e. The Morgan fingerprint density at radius 3 is 2.57 bits per heavy atom. The topological polar surface area (TPSA) is 49.8 Å². The number of fused-ring (bicyclic) bond motifs is 1. The fourth-order valence-corrected chi connectivity index (χ4v) is 2.28. The summed E-state index contributed by atoms with van der Waals surface area (Å²) in [5.41, 5.74) is 4.14. The quantitative estimate of drug-likeness (QED) is 0.649. The molecule has 0 fully saturated rings. The van der Waals surface area contributed by atoms with Gasteiger partial charge >= 0.3 is 0 Å². The average molecular weight is 276 g/mol. The first-order valence-corrected chi connectivity index (χ1v) is 6.89. The molecule has 1 heterocycles. The zero-order chi connectivity index (χ0) is 15.0. The predicted octanol–water partition coefficient (Wildman–Crippen LogP) is 4.66. The molecule has 0 bridgehead atoms. The van der Waals surface area contributed by atoms with Crippen molar-refractivity contribution in [1.82, 2.24) is 4.98 Å². The van der Waals surface area contributed by atoms with Gasteiger partial charge in [-0.05, 0) is 35.2 Å². The third-order valence-electron chi connectivity index (χ3n) is 3.53. The SMILES string of the molecule is CC(C)(C)c1ccc2oc(-c3ccccc3C#N)nc2c1. The summed E-state index contributed by atoms with van der Waals surface area (Å²) < 4.78 is 5.80.